The molecule has 2 amide bonds. The number of nitrogens with one attached hydrogen (secondary N) is 1. The number of hydrogen-bond donors (Lipinski definition) is 1. The second-order valence-electron chi connectivity index (χ2n) is 7.73. The molecule has 3 aromatic rings. The van der Waals surface area contributed by atoms with Crippen molar-refractivity contribution in [3.8, 4) is 11.8 Å². The minimum atomic E-state index is -0.261. The van der Waals surface area contributed by atoms with Gasteiger partial charge in [0.2, 0.25) is 0 Å². The molecular weight excluding hydrogens is 392 g/mol. The largest absolute Gasteiger partial charge is 0.497 e. The van der Waals surface area contributed by atoms with Crippen LogP contribution in [0.2, 0.25) is 0 Å². The number of carbonyl (C=O) groups excluding carboxylic acids is 1. The molecule has 2 aromatic carbocycles. The monoisotopic (exact) mass is 418 g/mol. The highest BCUT2D eigenvalue weighted by Crippen LogP contribution is 2.32. The third-order valence-corrected chi connectivity index (χ3v) is 5.85. The van der Waals surface area contributed by atoms with Crippen molar-refractivity contribution in [1.29, 1.82) is 5.26 Å². The summed E-state index contributed by atoms with van der Waals surface area (Å²) < 4.78 is 11.3. The number of carbonyl (C=O) groups is 1. The molecule has 1 fully saturated rings. The van der Waals surface area contributed by atoms with Gasteiger partial charge in [-0.1, -0.05) is 12.1 Å². The number of urea groups is 1. The SMILES string of the molecule is COc1ccc2oc(C(C)NC(=O)N3CCN(c4ccccc4C#N)CC3)c(C)c2c1. The van der Waals surface area contributed by atoms with Gasteiger partial charge in [-0.25, -0.2) is 4.79 Å². The predicted molar refractivity (Wildman–Crippen MR) is 119 cm³/mol. The number of hydrogen-bond acceptors (Lipinski definition) is 5. The summed E-state index contributed by atoms with van der Waals surface area (Å²) in [5, 5.41) is 13.4. The van der Waals surface area contributed by atoms with Gasteiger partial charge < -0.3 is 24.3 Å². The maximum atomic E-state index is 12.9. The topological polar surface area (TPSA) is 81.7 Å². The number of ether oxygens (including phenoxy) is 1. The lowest BCUT2D eigenvalue weighted by Crippen LogP contribution is -2.52. The number of amides is 2. The number of benzene rings is 2. The minimum absolute atomic E-state index is 0.113. The quantitative estimate of drug-likeness (QED) is 0.686. The molecule has 0 aliphatic carbocycles. The molecule has 7 nitrogen and oxygen atoms in total. The van der Waals surface area contributed by atoms with Crippen LogP contribution in [0.3, 0.4) is 0 Å². The van der Waals surface area contributed by atoms with Gasteiger partial charge in [-0.2, -0.15) is 5.26 Å². The fourth-order valence-corrected chi connectivity index (χ4v) is 4.10. The Balaban J connectivity index is 1.41. The number of anilines is 1. The van der Waals surface area contributed by atoms with E-state index in [4.69, 9.17) is 9.15 Å². The highest BCUT2D eigenvalue weighted by atomic mass is 16.5. The third-order valence-electron chi connectivity index (χ3n) is 5.85. The zero-order valence-electron chi connectivity index (χ0n) is 18.0. The van der Waals surface area contributed by atoms with Gasteiger partial charge in [-0.05, 0) is 44.2 Å². The van der Waals surface area contributed by atoms with Gasteiger partial charge in [0.1, 0.15) is 23.2 Å². The summed E-state index contributed by atoms with van der Waals surface area (Å²) in [6.07, 6.45) is 0. The number of para-hydroxylation sites is 1. The van der Waals surface area contributed by atoms with Crippen molar-refractivity contribution in [2.24, 2.45) is 0 Å². The zero-order valence-corrected chi connectivity index (χ0v) is 18.0. The van der Waals surface area contributed by atoms with Gasteiger partial charge in [-0.3, -0.25) is 0 Å². The van der Waals surface area contributed by atoms with Crippen LogP contribution in [0.1, 0.15) is 29.9 Å². The van der Waals surface area contributed by atoms with Crippen LogP contribution in [0.4, 0.5) is 10.5 Å². The van der Waals surface area contributed by atoms with Gasteiger partial charge in [0.25, 0.3) is 0 Å². The van der Waals surface area contributed by atoms with Crippen LogP contribution in [-0.2, 0) is 0 Å². The van der Waals surface area contributed by atoms with Crippen molar-refractivity contribution in [3.05, 3.63) is 59.4 Å². The Morgan fingerprint density at radius 2 is 1.94 bits per heavy atom. The van der Waals surface area contributed by atoms with E-state index in [1.807, 2.05) is 61.2 Å². The van der Waals surface area contributed by atoms with E-state index in [2.05, 4.69) is 16.3 Å². The number of furan rings is 1. The normalized spacial score (nSPS) is 14.9. The molecule has 1 unspecified atom stereocenters. The number of fused-ring (bicyclic) bond motifs is 1. The van der Waals surface area contributed by atoms with E-state index in [9.17, 15) is 10.1 Å². The fourth-order valence-electron chi connectivity index (χ4n) is 4.10. The Kier molecular flexibility index (Phi) is 5.72. The van der Waals surface area contributed by atoms with E-state index >= 15 is 0 Å². The van der Waals surface area contributed by atoms with Crippen LogP contribution < -0.4 is 15.0 Å². The van der Waals surface area contributed by atoms with E-state index in [0.29, 0.717) is 31.7 Å². The highest BCUT2D eigenvalue weighted by molar-refractivity contribution is 5.84. The summed E-state index contributed by atoms with van der Waals surface area (Å²) >= 11 is 0. The number of rotatable bonds is 4. The summed E-state index contributed by atoms with van der Waals surface area (Å²) in [4.78, 5) is 16.8. The van der Waals surface area contributed by atoms with Crippen LogP contribution in [0.25, 0.3) is 11.0 Å². The van der Waals surface area contributed by atoms with E-state index in [1.54, 1.807) is 7.11 Å². The molecule has 2 heterocycles. The zero-order chi connectivity index (χ0) is 22.0. The van der Waals surface area contributed by atoms with Crippen molar-refractivity contribution in [1.82, 2.24) is 10.2 Å². The first-order chi connectivity index (χ1) is 15.0. The lowest BCUT2D eigenvalue weighted by atomic mass is 10.1. The predicted octanol–water partition coefficient (Wildman–Crippen LogP) is 4.21. The number of nitriles is 1. The summed E-state index contributed by atoms with van der Waals surface area (Å²) in [5.41, 5.74) is 3.36. The number of piperazine rings is 1. The Hall–Kier alpha value is -3.66. The first-order valence-electron chi connectivity index (χ1n) is 10.4. The molecule has 1 saturated heterocycles. The molecule has 31 heavy (non-hydrogen) atoms. The highest BCUT2D eigenvalue weighted by Gasteiger charge is 2.25. The number of methoxy groups -OCH3 is 1. The average Bonchev–Trinajstić information content (AvgIpc) is 3.15. The molecule has 0 spiro atoms. The molecule has 7 heteroatoms. The Bertz CT molecular complexity index is 1140. The summed E-state index contributed by atoms with van der Waals surface area (Å²) in [5.74, 6) is 1.52. The molecular formula is C24H26N4O3. The lowest BCUT2D eigenvalue weighted by Gasteiger charge is -2.36. The van der Waals surface area contributed by atoms with E-state index < -0.39 is 0 Å². The van der Waals surface area contributed by atoms with Gasteiger partial charge in [-0.15, -0.1) is 0 Å². The second-order valence-corrected chi connectivity index (χ2v) is 7.73. The summed E-state index contributed by atoms with van der Waals surface area (Å²) in [7, 11) is 1.64. The van der Waals surface area contributed by atoms with Gasteiger partial charge in [0.15, 0.2) is 0 Å². The molecule has 0 saturated carbocycles. The molecule has 1 aliphatic rings. The van der Waals surface area contributed by atoms with Crippen LogP contribution >= 0.6 is 0 Å². The molecule has 0 radical (unpaired) electrons. The third kappa shape index (κ3) is 4.02. The second kappa shape index (κ2) is 8.60. The summed E-state index contributed by atoms with van der Waals surface area (Å²) in [6, 6.07) is 15.1. The van der Waals surface area contributed by atoms with Crippen molar-refractivity contribution in [2.75, 3.05) is 38.2 Å². The molecule has 0 bridgehead atoms. The molecule has 160 valence electrons. The van der Waals surface area contributed by atoms with Crippen molar-refractivity contribution < 1.29 is 13.9 Å². The Morgan fingerprint density at radius 1 is 1.19 bits per heavy atom. The van der Waals surface area contributed by atoms with Crippen molar-refractivity contribution in [3.63, 3.8) is 0 Å². The van der Waals surface area contributed by atoms with Gasteiger partial charge in [0, 0.05) is 37.1 Å². The average molecular weight is 418 g/mol. The molecule has 1 N–H and O–H groups in total. The van der Waals surface area contributed by atoms with Crippen LogP contribution in [0, 0.1) is 18.3 Å². The maximum absolute atomic E-state index is 12.9. The maximum Gasteiger partial charge on any atom is 0.318 e. The van der Waals surface area contributed by atoms with Gasteiger partial charge >= 0.3 is 6.03 Å². The van der Waals surface area contributed by atoms with Crippen LogP contribution in [-0.4, -0.2) is 44.2 Å². The Morgan fingerprint density at radius 3 is 2.65 bits per heavy atom. The van der Waals surface area contributed by atoms with Crippen molar-refractivity contribution >= 4 is 22.7 Å². The van der Waals surface area contributed by atoms with Gasteiger partial charge in [0.05, 0.1) is 24.4 Å². The van der Waals surface area contributed by atoms with Crippen LogP contribution in [0.5, 0.6) is 5.75 Å². The fraction of sp³-hybridized carbons (Fsp3) is 0.333. The lowest BCUT2D eigenvalue weighted by molar-refractivity contribution is 0.189. The summed E-state index contributed by atoms with van der Waals surface area (Å²) in [6.45, 7) is 6.48. The number of aryl methyl sites for hydroxylation is 1. The molecule has 1 aliphatic heterocycles. The van der Waals surface area contributed by atoms with E-state index in [-0.39, 0.29) is 12.1 Å². The van der Waals surface area contributed by atoms with E-state index in [1.165, 1.54) is 0 Å². The minimum Gasteiger partial charge on any atom is -0.497 e. The first kappa shape index (κ1) is 20.6. The number of nitrogens with zero attached hydrogens (tertiary/aromatic N) is 3. The van der Waals surface area contributed by atoms with Crippen LogP contribution in [0.15, 0.2) is 46.9 Å². The molecule has 4 rings (SSSR count). The Labute approximate surface area is 181 Å². The van der Waals surface area contributed by atoms with E-state index in [0.717, 1.165) is 33.7 Å². The first-order valence-corrected chi connectivity index (χ1v) is 10.4. The molecule has 1 aromatic heterocycles. The van der Waals surface area contributed by atoms with Crippen molar-refractivity contribution in [2.45, 2.75) is 19.9 Å². The smallest absolute Gasteiger partial charge is 0.318 e. The molecule has 1 atom stereocenters. The standard InChI is InChI=1S/C24H26N4O3/c1-16-20-14-19(30-3)8-9-22(20)31-23(16)17(2)26-24(29)28-12-10-27(11-13-28)21-7-5-4-6-18(21)15-25/h4-9,14,17H,10-13H2,1-3H3,(H,26,29).